The number of imide groups is 1. The van der Waals surface area contributed by atoms with Crippen molar-refractivity contribution < 1.29 is 9.59 Å². The summed E-state index contributed by atoms with van der Waals surface area (Å²) in [6, 6.07) is 12.8. The molecule has 43 heavy (non-hydrogen) atoms. The topological polar surface area (TPSA) is 52.7 Å². The number of nitrogens with zero attached hydrogens (tertiary/aromatic N) is 2. The van der Waals surface area contributed by atoms with Gasteiger partial charge < -0.3 is 5.32 Å². The lowest BCUT2D eigenvalue weighted by molar-refractivity contribution is -0.134. The molecule has 2 aromatic rings. The molecule has 2 aromatic carbocycles. The number of unbranched alkanes of at least 4 members (excludes halogenated alkanes) is 9. The van der Waals surface area contributed by atoms with Crippen LogP contribution in [0.3, 0.4) is 0 Å². The number of carbonyl (C=O) groups excluding carboxylic acids is 2. The van der Waals surface area contributed by atoms with Crippen LogP contribution in [0.15, 0.2) is 36.4 Å². The number of hydrogen-bond donors (Lipinski definition) is 1. The van der Waals surface area contributed by atoms with Gasteiger partial charge in [0.1, 0.15) is 5.54 Å². The van der Waals surface area contributed by atoms with Crippen molar-refractivity contribution in [2.45, 2.75) is 148 Å². The molecular weight excluding hydrogens is 530 g/mol. The molecule has 0 radical (unpaired) electrons. The summed E-state index contributed by atoms with van der Waals surface area (Å²) in [6.07, 6.45) is 15.3. The molecular formula is C38H55N3O2. The first-order chi connectivity index (χ1) is 20.5. The zero-order chi connectivity index (χ0) is 30.8. The highest BCUT2D eigenvalue weighted by molar-refractivity contribution is 6.17. The number of amides is 3. The van der Waals surface area contributed by atoms with E-state index in [1.807, 2.05) is 4.90 Å². The second-order valence-electron chi connectivity index (χ2n) is 14.8. The van der Waals surface area contributed by atoms with Crippen molar-refractivity contribution in [2.75, 3.05) is 11.4 Å². The van der Waals surface area contributed by atoms with E-state index in [-0.39, 0.29) is 23.0 Å². The number of hydrogen-bond acceptors (Lipinski definition) is 3. The Bertz CT molecular complexity index is 1310. The fourth-order valence-corrected chi connectivity index (χ4v) is 8.69. The normalized spacial score (nSPS) is 19.8. The maximum absolute atomic E-state index is 14.6. The molecule has 2 aliphatic heterocycles. The van der Waals surface area contributed by atoms with Crippen molar-refractivity contribution in [1.82, 2.24) is 10.2 Å². The number of piperidine rings is 1. The summed E-state index contributed by atoms with van der Waals surface area (Å²) in [5.41, 5.74) is 5.85. The average molecular weight is 586 g/mol. The second kappa shape index (κ2) is 12.8. The van der Waals surface area contributed by atoms with E-state index < -0.39 is 5.54 Å². The Morgan fingerprint density at radius 1 is 0.721 bits per heavy atom. The molecule has 3 aliphatic rings. The molecule has 0 atom stereocenters. The van der Waals surface area contributed by atoms with Crippen LogP contribution in [-0.2, 0) is 17.6 Å². The number of anilines is 1. The number of rotatable bonds is 13. The second-order valence-corrected chi connectivity index (χ2v) is 14.8. The maximum atomic E-state index is 14.6. The molecule has 0 saturated carbocycles. The Kier molecular flexibility index (Phi) is 9.42. The molecule has 0 aromatic heterocycles. The third-order valence-corrected chi connectivity index (χ3v) is 10.1. The standard InChI is InChI=1S/C38H55N3O2/c1-7-9-10-11-12-13-14-15-16-17-24-40-34(42)38(26-36(3,4)39-37(5,6)27-38)41(35(40)43)33-23-19-22-30-29-21-18-20-28(8-2)31(29)25-32(30)33/h18-23,39H,7-17,24-27H2,1-6H3. The quantitative estimate of drug-likeness (QED) is 0.161. The number of aryl methyl sites for hydroxylation is 1. The van der Waals surface area contributed by atoms with Gasteiger partial charge in [0.2, 0.25) is 0 Å². The van der Waals surface area contributed by atoms with Gasteiger partial charge in [-0.3, -0.25) is 14.6 Å². The molecule has 5 rings (SSSR count). The molecule has 3 amide bonds. The predicted octanol–water partition coefficient (Wildman–Crippen LogP) is 9.19. The van der Waals surface area contributed by atoms with Crippen molar-refractivity contribution in [3.8, 4) is 11.1 Å². The molecule has 1 aliphatic carbocycles. The molecule has 1 N–H and O–H groups in total. The van der Waals surface area contributed by atoms with Crippen LogP contribution < -0.4 is 10.2 Å². The molecule has 5 heteroatoms. The van der Waals surface area contributed by atoms with Crippen molar-refractivity contribution in [1.29, 1.82) is 0 Å². The molecule has 0 unspecified atom stereocenters. The first-order valence-corrected chi connectivity index (χ1v) is 17.2. The largest absolute Gasteiger partial charge is 0.332 e. The average Bonchev–Trinajstić information content (AvgIpc) is 3.41. The van der Waals surface area contributed by atoms with Crippen LogP contribution in [-0.4, -0.2) is 40.0 Å². The third kappa shape index (κ3) is 6.30. The van der Waals surface area contributed by atoms with Gasteiger partial charge in [-0.25, -0.2) is 4.79 Å². The van der Waals surface area contributed by atoms with Crippen LogP contribution in [0, 0.1) is 0 Å². The van der Waals surface area contributed by atoms with E-state index in [4.69, 9.17) is 0 Å². The van der Waals surface area contributed by atoms with Gasteiger partial charge in [0.15, 0.2) is 0 Å². The highest BCUT2D eigenvalue weighted by Gasteiger charge is 2.63. The highest BCUT2D eigenvalue weighted by Crippen LogP contribution is 2.50. The molecule has 2 saturated heterocycles. The highest BCUT2D eigenvalue weighted by atomic mass is 16.2. The third-order valence-electron chi connectivity index (χ3n) is 10.1. The van der Waals surface area contributed by atoms with Crippen molar-refractivity contribution in [2.24, 2.45) is 0 Å². The van der Waals surface area contributed by atoms with Gasteiger partial charge in [-0.05, 0) is 87.3 Å². The van der Waals surface area contributed by atoms with E-state index in [1.165, 1.54) is 79.2 Å². The number of benzene rings is 2. The van der Waals surface area contributed by atoms with E-state index in [0.29, 0.717) is 19.4 Å². The van der Waals surface area contributed by atoms with Crippen LogP contribution in [0.4, 0.5) is 10.5 Å². The lowest BCUT2D eigenvalue weighted by atomic mass is 9.69. The minimum atomic E-state index is -0.898. The lowest BCUT2D eigenvalue weighted by Gasteiger charge is -2.52. The van der Waals surface area contributed by atoms with Crippen molar-refractivity contribution in [3.05, 3.63) is 53.1 Å². The van der Waals surface area contributed by atoms with Gasteiger partial charge in [-0.15, -0.1) is 0 Å². The van der Waals surface area contributed by atoms with Gasteiger partial charge in [0, 0.05) is 24.0 Å². The Labute approximate surface area is 260 Å². The van der Waals surface area contributed by atoms with Crippen LogP contribution in [0.2, 0.25) is 0 Å². The Morgan fingerprint density at radius 3 is 1.88 bits per heavy atom. The van der Waals surface area contributed by atoms with E-state index >= 15 is 0 Å². The summed E-state index contributed by atoms with van der Waals surface area (Å²) in [7, 11) is 0. The summed E-state index contributed by atoms with van der Waals surface area (Å²) in [4.78, 5) is 32.7. The molecule has 2 heterocycles. The summed E-state index contributed by atoms with van der Waals surface area (Å²) in [6.45, 7) is 13.7. The summed E-state index contributed by atoms with van der Waals surface area (Å²) in [5.74, 6) is -0.00145. The van der Waals surface area contributed by atoms with Crippen LogP contribution in [0.25, 0.3) is 11.1 Å². The van der Waals surface area contributed by atoms with E-state index in [9.17, 15) is 9.59 Å². The molecule has 5 nitrogen and oxygen atoms in total. The van der Waals surface area contributed by atoms with Gasteiger partial charge in [0.05, 0.1) is 5.69 Å². The number of urea groups is 1. The molecule has 2 fully saturated rings. The Morgan fingerprint density at radius 2 is 1.28 bits per heavy atom. The van der Waals surface area contributed by atoms with Crippen LogP contribution in [0.5, 0.6) is 0 Å². The van der Waals surface area contributed by atoms with Crippen LogP contribution in [0.1, 0.15) is 135 Å². The summed E-state index contributed by atoms with van der Waals surface area (Å²) < 4.78 is 0. The fraction of sp³-hybridized carbons (Fsp3) is 0.632. The SMILES string of the molecule is CCCCCCCCCCCCN1C(=O)N(c2cccc3c2Cc2c(CC)cccc2-3)C2(CC(C)(C)NC(C)(C)C2)C1=O. The smallest absolute Gasteiger partial charge is 0.307 e. The maximum Gasteiger partial charge on any atom is 0.332 e. The molecule has 0 bridgehead atoms. The predicted molar refractivity (Wildman–Crippen MR) is 179 cm³/mol. The van der Waals surface area contributed by atoms with Crippen LogP contribution >= 0.6 is 0 Å². The van der Waals surface area contributed by atoms with Gasteiger partial charge in [0.25, 0.3) is 5.91 Å². The molecule has 1 spiro atoms. The minimum Gasteiger partial charge on any atom is -0.307 e. The van der Waals surface area contributed by atoms with E-state index in [0.717, 1.165) is 31.4 Å². The summed E-state index contributed by atoms with van der Waals surface area (Å²) in [5, 5.41) is 3.77. The van der Waals surface area contributed by atoms with Crippen molar-refractivity contribution in [3.63, 3.8) is 0 Å². The molecule has 234 valence electrons. The van der Waals surface area contributed by atoms with E-state index in [2.05, 4.69) is 83.3 Å². The fourth-order valence-electron chi connectivity index (χ4n) is 8.69. The van der Waals surface area contributed by atoms with Gasteiger partial charge in [-0.2, -0.15) is 0 Å². The lowest BCUT2D eigenvalue weighted by Crippen LogP contribution is -2.69. The van der Waals surface area contributed by atoms with E-state index in [1.54, 1.807) is 4.90 Å². The Hall–Kier alpha value is -2.66. The first kappa shape index (κ1) is 31.8. The monoisotopic (exact) mass is 585 g/mol. The van der Waals surface area contributed by atoms with Gasteiger partial charge >= 0.3 is 6.03 Å². The summed E-state index contributed by atoms with van der Waals surface area (Å²) >= 11 is 0. The number of carbonyl (C=O) groups is 2. The first-order valence-electron chi connectivity index (χ1n) is 17.2. The van der Waals surface area contributed by atoms with Gasteiger partial charge in [-0.1, -0.05) is 102 Å². The van der Waals surface area contributed by atoms with Crippen molar-refractivity contribution >= 4 is 17.6 Å². The zero-order valence-corrected chi connectivity index (χ0v) is 27.8. The number of nitrogens with one attached hydrogen (secondary N) is 1. The zero-order valence-electron chi connectivity index (χ0n) is 27.8. The minimum absolute atomic E-state index is 0.00145. The Balaban J connectivity index is 1.40. The number of fused-ring (bicyclic) bond motifs is 3.